The zero-order chi connectivity index (χ0) is 14.3. The molecule has 20 heavy (non-hydrogen) atoms. The van der Waals surface area contributed by atoms with E-state index >= 15 is 0 Å². The molecule has 0 aliphatic carbocycles. The Morgan fingerprint density at radius 2 is 2.15 bits per heavy atom. The van der Waals surface area contributed by atoms with Crippen molar-refractivity contribution in [1.29, 1.82) is 0 Å². The molecule has 0 atom stereocenters. The Hall–Kier alpha value is -3.10. The molecule has 9 heteroatoms. The van der Waals surface area contributed by atoms with Gasteiger partial charge in [-0.3, -0.25) is 9.70 Å². The van der Waals surface area contributed by atoms with Crippen molar-refractivity contribution >= 4 is 11.0 Å². The standard InChI is InChI=1S/C11H7FN5O3/c12-6-2-1-3-7(4-6)16-9-8(10(15-16)17(19)20)11(18)14-5-13-9/h1-5,15H,(H-,13,14,18,19,20)/q-1. The molecular weight excluding hydrogens is 269 g/mol. The van der Waals surface area contributed by atoms with Gasteiger partial charge < -0.3 is 15.4 Å². The topological polar surface area (TPSA) is 116 Å². The molecule has 0 saturated heterocycles. The van der Waals surface area contributed by atoms with E-state index in [4.69, 9.17) is 0 Å². The Labute approximate surface area is 109 Å². The summed E-state index contributed by atoms with van der Waals surface area (Å²) in [6.45, 7) is 0. The van der Waals surface area contributed by atoms with Crippen molar-refractivity contribution in [2.45, 2.75) is 0 Å². The highest BCUT2D eigenvalue weighted by Gasteiger charge is 2.16. The summed E-state index contributed by atoms with van der Waals surface area (Å²) >= 11 is 0. The van der Waals surface area contributed by atoms with Gasteiger partial charge in [0.05, 0.1) is 12.0 Å². The highest BCUT2D eigenvalue weighted by atomic mass is 19.1. The van der Waals surface area contributed by atoms with E-state index in [2.05, 4.69) is 15.1 Å². The van der Waals surface area contributed by atoms with Gasteiger partial charge >= 0.3 is 5.49 Å². The molecule has 102 valence electrons. The maximum absolute atomic E-state index is 13.2. The molecule has 2 aromatic heterocycles. The lowest BCUT2D eigenvalue weighted by atomic mass is 10.3. The second-order valence-electron chi connectivity index (χ2n) is 3.96. The van der Waals surface area contributed by atoms with E-state index in [0.717, 1.165) is 6.33 Å². The quantitative estimate of drug-likeness (QED) is 0.606. The third-order valence-electron chi connectivity index (χ3n) is 2.75. The van der Waals surface area contributed by atoms with E-state index in [0.29, 0.717) is 5.69 Å². The predicted octanol–water partition coefficient (Wildman–Crippen LogP) is -0.0512. The van der Waals surface area contributed by atoms with Crippen LogP contribution in [-0.4, -0.2) is 19.7 Å². The Bertz CT molecular complexity index is 919. The summed E-state index contributed by atoms with van der Waals surface area (Å²) in [5, 5.41) is 24.2. The van der Waals surface area contributed by atoms with Gasteiger partial charge in [0.15, 0.2) is 11.0 Å². The van der Waals surface area contributed by atoms with Gasteiger partial charge in [-0.05, 0) is 12.1 Å². The number of hydrogen-bond acceptors (Lipinski definition) is 4. The molecule has 0 aliphatic rings. The number of nitrogens with zero attached hydrogens (tertiary/aromatic N) is 3. The molecule has 2 heterocycles. The molecule has 0 amide bonds. The first kappa shape index (κ1) is 12.0. The lowest BCUT2D eigenvalue weighted by Crippen LogP contribution is -2.25. The fourth-order valence-corrected chi connectivity index (χ4v) is 1.92. The van der Waals surface area contributed by atoms with Gasteiger partial charge in [-0.25, -0.2) is 9.37 Å². The van der Waals surface area contributed by atoms with Crippen LogP contribution in [0.15, 0.2) is 35.4 Å². The van der Waals surface area contributed by atoms with Crippen molar-refractivity contribution in [3.8, 4) is 5.69 Å². The lowest BCUT2D eigenvalue weighted by molar-refractivity contribution is 0.625. The van der Waals surface area contributed by atoms with Crippen molar-refractivity contribution in [2.75, 3.05) is 0 Å². The fraction of sp³-hybridized carbons (Fsp3) is 0. The summed E-state index contributed by atoms with van der Waals surface area (Å²) in [5.41, 5.74) is -0.807. The van der Waals surface area contributed by atoms with Gasteiger partial charge in [-0.2, -0.15) is 9.78 Å². The molecule has 0 unspecified atom stereocenters. The lowest BCUT2D eigenvalue weighted by Gasteiger charge is -2.07. The molecule has 0 spiro atoms. The normalized spacial score (nSPS) is 10.8. The van der Waals surface area contributed by atoms with Crippen molar-refractivity contribution in [3.63, 3.8) is 0 Å². The predicted molar refractivity (Wildman–Crippen MR) is 68.0 cm³/mol. The summed E-state index contributed by atoms with van der Waals surface area (Å²) in [6, 6.07) is 5.39. The Morgan fingerprint density at radius 1 is 1.35 bits per heavy atom. The SMILES string of the molecule is O=c1[nH]cnc2c1c(=[N+]([O-])[O-])[nH]n2-c1cccc(F)c1. The van der Waals surface area contributed by atoms with Gasteiger partial charge in [0.25, 0.3) is 5.56 Å². The number of halogens is 1. The van der Waals surface area contributed by atoms with Crippen molar-refractivity contribution in [1.82, 2.24) is 24.7 Å². The van der Waals surface area contributed by atoms with Crippen LogP contribution in [0.4, 0.5) is 4.39 Å². The van der Waals surface area contributed by atoms with E-state index in [-0.39, 0.29) is 11.0 Å². The number of aromatic nitrogens is 4. The summed E-state index contributed by atoms with van der Waals surface area (Å²) in [7, 11) is 0. The average Bonchev–Trinajstić information content (AvgIpc) is 2.80. The van der Waals surface area contributed by atoms with E-state index in [1.807, 2.05) is 0 Å². The number of aromatic amines is 2. The first-order valence-electron chi connectivity index (χ1n) is 5.49. The van der Waals surface area contributed by atoms with Gasteiger partial charge in [0.2, 0.25) is 0 Å². The third-order valence-corrected chi connectivity index (χ3v) is 2.75. The first-order valence-corrected chi connectivity index (χ1v) is 5.49. The minimum absolute atomic E-state index is 0.0473. The highest BCUT2D eigenvalue weighted by molar-refractivity contribution is 5.74. The minimum Gasteiger partial charge on any atom is -0.712 e. The van der Waals surface area contributed by atoms with E-state index in [9.17, 15) is 19.6 Å². The van der Waals surface area contributed by atoms with Crippen LogP contribution in [0, 0.1) is 16.2 Å². The maximum atomic E-state index is 13.2. The number of hydrogen-bond donors (Lipinski definition) is 2. The smallest absolute Gasteiger partial charge is 0.316 e. The van der Waals surface area contributed by atoms with Gasteiger partial charge in [0, 0.05) is 6.07 Å². The summed E-state index contributed by atoms with van der Waals surface area (Å²) in [5.74, 6) is -0.509. The molecular formula is C11H7FN5O3-. The van der Waals surface area contributed by atoms with Gasteiger partial charge in [-0.1, -0.05) is 6.07 Å². The van der Waals surface area contributed by atoms with Gasteiger partial charge in [0.1, 0.15) is 5.82 Å². The van der Waals surface area contributed by atoms with Crippen molar-refractivity contribution in [2.24, 2.45) is 0 Å². The van der Waals surface area contributed by atoms with Crippen LogP contribution in [-0.2, 0) is 0 Å². The largest absolute Gasteiger partial charge is 0.712 e. The zero-order valence-electron chi connectivity index (χ0n) is 9.83. The van der Waals surface area contributed by atoms with Crippen LogP contribution in [0.5, 0.6) is 0 Å². The molecule has 8 nitrogen and oxygen atoms in total. The number of rotatable bonds is 1. The molecule has 0 bridgehead atoms. The Morgan fingerprint density at radius 3 is 2.85 bits per heavy atom. The highest BCUT2D eigenvalue weighted by Crippen LogP contribution is 2.11. The van der Waals surface area contributed by atoms with Crippen LogP contribution in [0.1, 0.15) is 0 Å². The maximum Gasteiger partial charge on any atom is 0.316 e. The number of fused-ring (bicyclic) bond motifs is 1. The van der Waals surface area contributed by atoms with Crippen LogP contribution < -0.4 is 15.9 Å². The Kier molecular flexibility index (Phi) is 2.53. The second kappa shape index (κ2) is 4.23. The average molecular weight is 276 g/mol. The summed E-state index contributed by atoms with van der Waals surface area (Å²) < 4.78 is 14.4. The number of benzene rings is 1. The zero-order valence-corrected chi connectivity index (χ0v) is 9.83. The third kappa shape index (κ3) is 1.72. The molecule has 2 N–H and O–H groups in total. The molecule has 1 aromatic carbocycles. The second-order valence-corrected chi connectivity index (χ2v) is 3.96. The van der Waals surface area contributed by atoms with Crippen LogP contribution >= 0.6 is 0 Å². The first-order chi connectivity index (χ1) is 9.58. The molecule has 0 fully saturated rings. The summed E-state index contributed by atoms with van der Waals surface area (Å²) in [4.78, 5) is 17.1. The molecule has 3 aromatic rings. The fourth-order valence-electron chi connectivity index (χ4n) is 1.92. The van der Waals surface area contributed by atoms with E-state index in [1.54, 1.807) is 0 Å². The molecule has 0 radical (unpaired) electrons. The molecule has 0 aliphatic heterocycles. The minimum atomic E-state index is -0.727. The summed E-state index contributed by atoms with van der Waals surface area (Å²) in [6.07, 6.45) is 1.12. The van der Waals surface area contributed by atoms with Crippen LogP contribution in [0.25, 0.3) is 16.7 Å². The van der Waals surface area contributed by atoms with Crippen LogP contribution in [0.3, 0.4) is 0 Å². The van der Waals surface area contributed by atoms with Crippen molar-refractivity contribution < 1.29 is 4.39 Å². The van der Waals surface area contributed by atoms with Gasteiger partial charge in [-0.15, -0.1) is 0 Å². The molecule has 0 saturated carbocycles. The van der Waals surface area contributed by atoms with E-state index in [1.165, 1.54) is 28.9 Å². The Balaban J connectivity index is 2.48. The monoisotopic (exact) mass is 276 g/mol. The van der Waals surface area contributed by atoms with E-state index < -0.39 is 21.8 Å². The number of H-pyrrole nitrogens is 2. The van der Waals surface area contributed by atoms with Crippen LogP contribution in [0.2, 0.25) is 0 Å². The van der Waals surface area contributed by atoms with Crippen molar-refractivity contribution in [3.05, 3.63) is 62.7 Å². The molecule has 3 rings (SSSR count). The number of nitrogens with one attached hydrogen (secondary N) is 2.